The van der Waals surface area contributed by atoms with E-state index in [0.717, 1.165) is 49.2 Å². The smallest absolute Gasteiger partial charge is 0.227 e. The van der Waals surface area contributed by atoms with Crippen molar-refractivity contribution in [1.82, 2.24) is 9.80 Å². The average molecular weight is 360 g/mol. The van der Waals surface area contributed by atoms with Gasteiger partial charge in [-0.2, -0.15) is 0 Å². The predicted octanol–water partition coefficient (Wildman–Crippen LogP) is 2.76. The van der Waals surface area contributed by atoms with Crippen molar-refractivity contribution in [1.29, 1.82) is 0 Å². The third-order valence-electron chi connectivity index (χ3n) is 3.59. The summed E-state index contributed by atoms with van der Waals surface area (Å²) in [6.07, 6.45) is 1.51. The quantitative estimate of drug-likeness (QED) is 0.772. The van der Waals surface area contributed by atoms with E-state index in [2.05, 4.69) is 20.8 Å². The molecule has 1 aliphatic heterocycles. The van der Waals surface area contributed by atoms with Gasteiger partial charge < -0.3 is 9.80 Å². The number of carbonyl (C=O) groups is 1. The molecule has 0 unspecified atom stereocenters. The first kappa shape index (κ1) is 15.8. The van der Waals surface area contributed by atoms with E-state index in [-0.39, 0.29) is 5.91 Å². The Labute approximate surface area is 134 Å². The zero-order chi connectivity index (χ0) is 14.4. The van der Waals surface area contributed by atoms with Crippen molar-refractivity contribution in [2.75, 3.05) is 38.6 Å². The van der Waals surface area contributed by atoms with Crippen LogP contribution in [0.4, 0.5) is 0 Å². The number of halogens is 2. The second-order valence-electron chi connectivity index (χ2n) is 5.07. The maximum Gasteiger partial charge on any atom is 0.227 e. The molecule has 1 aromatic rings. The van der Waals surface area contributed by atoms with E-state index in [0.29, 0.717) is 12.3 Å². The number of hydrogen-bond acceptors (Lipinski definition) is 2. The molecule has 1 saturated heterocycles. The number of rotatable bonds is 4. The Balaban J connectivity index is 1.89. The van der Waals surface area contributed by atoms with Gasteiger partial charge in [0.05, 0.1) is 6.42 Å². The first-order valence-corrected chi connectivity index (χ1v) is 8.32. The average Bonchev–Trinajstić information content (AvgIpc) is 2.65. The van der Waals surface area contributed by atoms with Gasteiger partial charge in [-0.05, 0) is 30.7 Å². The summed E-state index contributed by atoms with van der Waals surface area (Å²) in [5.74, 6) is 0.877. The van der Waals surface area contributed by atoms with Gasteiger partial charge in [-0.1, -0.05) is 28.1 Å². The molecule has 1 amide bonds. The molecule has 0 saturated carbocycles. The lowest BCUT2D eigenvalue weighted by Gasteiger charge is -2.21. The highest BCUT2D eigenvalue weighted by Gasteiger charge is 2.18. The number of alkyl halides is 1. The van der Waals surface area contributed by atoms with Crippen molar-refractivity contribution in [3.05, 3.63) is 34.3 Å². The lowest BCUT2D eigenvalue weighted by Crippen LogP contribution is -2.36. The highest BCUT2D eigenvalue weighted by molar-refractivity contribution is 9.10. The Morgan fingerprint density at radius 3 is 2.85 bits per heavy atom. The first-order valence-electron chi connectivity index (χ1n) is 6.99. The summed E-state index contributed by atoms with van der Waals surface area (Å²) in [5, 5.41) is 0. The molecule has 1 aliphatic rings. The van der Waals surface area contributed by atoms with Gasteiger partial charge in [-0.3, -0.25) is 4.79 Å². The largest absolute Gasteiger partial charge is 0.341 e. The summed E-state index contributed by atoms with van der Waals surface area (Å²) in [6.45, 7) is 4.54. The molecule has 0 aliphatic carbocycles. The third-order valence-corrected chi connectivity index (χ3v) is 4.25. The molecule has 1 aromatic carbocycles. The molecule has 110 valence electrons. The van der Waals surface area contributed by atoms with Crippen LogP contribution in [0.3, 0.4) is 0 Å². The lowest BCUT2D eigenvalue weighted by atomic mass is 10.1. The zero-order valence-corrected chi connectivity index (χ0v) is 13.9. The fourth-order valence-electron chi connectivity index (χ4n) is 2.50. The Hall–Kier alpha value is -0.580. The van der Waals surface area contributed by atoms with Crippen LogP contribution in [0.1, 0.15) is 12.0 Å². The molecule has 2 rings (SSSR count). The highest BCUT2D eigenvalue weighted by atomic mass is 79.9. The Bertz CT molecular complexity index is 455. The Kier molecular flexibility index (Phi) is 6.33. The summed E-state index contributed by atoms with van der Waals surface area (Å²) >= 11 is 9.22. The second-order valence-corrected chi connectivity index (χ2v) is 6.37. The van der Waals surface area contributed by atoms with E-state index in [4.69, 9.17) is 11.6 Å². The Morgan fingerprint density at radius 2 is 2.10 bits per heavy atom. The van der Waals surface area contributed by atoms with Gasteiger partial charge in [0.1, 0.15) is 0 Å². The van der Waals surface area contributed by atoms with Crippen LogP contribution in [0.25, 0.3) is 0 Å². The van der Waals surface area contributed by atoms with Crippen LogP contribution in [-0.2, 0) is 11.2 Å². The third kappa shape index (κ3) is 4.76. The molecule has 0 radical (unpaired) electrons. The number of amides is 1. The van der Waals surface area contributed by atoms with E-state index in [1.54, 1.807) is 0 Å². The standard InChI is InChI=1S/C15H20BrClN2O/c16-14-4-1-3-13(11-14)12-15(20)19-7-2-6-18(8-5-17)9-10-19/h1,3-4,11H,2,5-10,12H2. The summed E-state index contributed by atoms with van der Waals surface area (Å²) in [4.78, 5) is 16.7. The Morgan fingerprint density at radius 1 is 1.25 bits per heavy atom. The molecular weight excluding hydrogens is 340 g/mol. The fraction of sp³-hybridized carbons (Fsp3) is 0.533. The van der Waals surface area contributed by atoms with Crippen LogP contribution >= 0.6 is 27.5 Å². The molecular formula is C15H20BrClN2O. The predicted molar refractivity (Wildman–Crippen MR) is 86.2 cm³/mol. The molecule has 1 fully saturated rings. The van der Waals surface area contributed by atoms with E-state index in [1.807, 2.05) is 29.2 Å². The minimum absolute atomic E-state index is 0.218. The molecule has 20 heavy (non-hydrogen) atoms. The summed E-state index contributed by atoms with van der Waals surface area (Å²) < 4.78 is 1.02. The van der Waals surface area contributed by atoms with Crippen molar-refractivity contribution in [3.8, 4) is 0 Å². The summed E-state index contributed by atoms with van der Waals surface area (Å²) in [6, 6.07) is 7.96. The molecule has 5 heteroatoms. The van der Waals surface area contributed by atoms with Crippen LogP contribution in [0, 0.1) is 0 Å². The molecule has 1 heterocycles. The van der Waals surface area contributed by atoms with E-state index < -0.39 is 0 Å². The molecule has 0 spiro atoms. The topological polar surface area (TPSA) is 23.6 Å². The lowest BCUT2D eigenvalue weighted by molar-refractivity contribution is -0.130. The van der Waals surface area contributed by atoms with Crippen LogP contribution in [-0.4, -0.2) is 54.3 Å². The molecule has 0 aromatic heterocycles. The van der Waals surface area contributed by atoms with Gasteiger partial charge in [0, 0.05) is 36.5 Å². The van der Waals surface area contributed by atoms with Crippen LogP contribution in [0.5, 0.6) is 0 Å². The van der Waals surface area contributed by atoms with Crippen molar-refractivity contribution < 1.29 is 4.79 Å². The number of hydrogen-bond donors (Lipinski definition) is 0. The van der Waals surface area contributed by atoms with Gasteiger partial charge >= 0.3 is 0 Å². The highest BCUT2D eigenvalue weighted by Crippen LogP contribution is 2.13. The monoisotopic (exact) mass is 358 g/mol. The molecule has 0 N–H and O–H groups in total. The second kappa shape index (κ2) is 8.01. The SMILES string of the molecule is O=C(Cc1cccc(Br)c1)N1CCCN(CCCl)CC1. The van der Waals surface area contributed by atoms with Crippen molar-refractivity contribution in [2.24, 2.45) is 0 Å². The minimum atomic E-state index is 0.218. The maximum atomic E-state index is 12.4. The van der Waals surface area contributed by atoms with Gasteiger partial charge in [-0.25, -0.2) is 0 Å². The van der Waals surface area contributed by atoms with Crippen molar-refractivity contribution in [2.45, 2.75) is 12.8 Å². The van der Waals surface area contributed by atoms with Crippen LogP contribution < -0.4 is 0 Å². The summed E-state index contributed by atoms with van der Waals surface area (Å²) in [5.41, 5.74) is 1.06. The van der Waals surface area contributed by atoms with E-state index in [9.17, 15) is 4.79 Å². The van der Waals surface area contributed by atoms with Crippen molar-refractivity contribution in [3.63, 3.8) is 0 Å². The minimum Gasteiger partial charge on any atom is -0.341 e. The fourth-order valence-corrected chi connectivity index (χ4v) is 3.18. The molecule has 0 bridgehead atoms. The van der Waals surface area contributed by atoms with Crippen molar-refractivity contribution >= 4 is 33.4 Å². The number of benzene rings is 1. The maximum absolute atomic E-state index is 12.4. The van der Waals surface area contributed by atoms with E-state index in [1.165, 1.54) is 0 Å². The normalized spacial score (nSPS) is 17.0. The zero-order valence-electron chi connectivity index (χ0n) is 11.5. The van der Waals surface area contributed by atoms with Gasteiger partial charge in [0.2, 0.25) is 5.91 Å². The summed E-state index contributed by atoms with van der Waals surface area (Å²) in [7, 11) is 0. The van der Waals surface area contributed by atoms with Crippen LogP contribution in [0.15, 0.2) is 28.7 Å². The molecule has 0 atom stereocenters. The van der Waals surface area contributed by atoms with Gasteiger partial charge in [-0.15, -0.1) is 11.6 Å². The first-order chi connectivity index (χ1) is 9.69. The van der Waals surface area contributed by atoms with E-state index >= 15 is 0 Å². The molecule has 3 nitrogen and oxygen atoms in total. The number of nitrogens with zero attached hydrogens (tertiary/aromatic N) is 2. The van der Waals surface area contributed by atoms with Gasteiger partial charge in [0.15, 0.2) is 0 Å². The van der Waals surface area contributed by atoms with Gasteiger partial charge in [0.25, 0.3) is 0 Å². The van der Waals surface area contributed by atoms with Crippen LogP contribution in [0.2, 0.25) is 0 Å². The number of carbonyl (C=O) groups excluding carboxylic acids is 1.